The third-order valence-corrected chi connectivity index (χ3v) is 4.32. The van der Waals surface area contributed by atoms with E-state index in [2.05, 4.69) is 48.3 Å². The lowest BCUT2D eigenvalue weighted by Crippen LogP contribution is -2.41. The van der Waals surface area contributed by atoms with Gasteiger partial charge in [0.1, 0.15) is 0 Å². The molecule has 2 N–H and O–H groups in total. The number of benzene rings is 1. The van der Waals surface area contributed by atoms with Gasteiger partial charge in [-0.2, -0.15) is 0 Å². The van der Waals surface area contributed by atoms with Gasteiger partial charge in [0.05, 0.1) is 12.6 Å². The van der Waals surface area contributed by atoms with E-state index in [0.717, 1.165) is 25.9 Å². The molecule has 2 atom stereocenters. The van der Waals surface area contributed by atoms with Gasteiger partial charge >= 0.3 is 0 Å². The molecule has 112 valence electrons. The van der Waals surface area contributed by atoms with E-state index in [1.54, 1.807) is 0 Å². The highest BCUT2D eigenvalue weighted by molar-refractivity contribution is 5.49. The minimum Gasteiger partial charge on any atom is -0.394 e. The lowest BCUT2D eigenvalue weighted by molar-refractivity contribution is 0.240. The van der Waals surface area contributed by atoms with Gasteiger partial charge in [0.2, 0.25) is 0 Å². The zero-order valence-electron chi connectivity index (χ0n) is 12.8. The van der Waals surface area contributed by atoms with Crippen molar-refractivity contribution in [2.75, 3.05) is 24.6 Å². The maximum absolute atomic E-state index is 9.52. The second kappa shape index (κ2) is 7.65. The van der Waals surface area contributed by atoms with Crippen LogP contribution in [0.5, 0.6) is 0 Å². The van der Waals surface area contributed by atoms with E-state index in [4.69, 9.17) is 0 Å². The van der Waals surface area contributed by atoms with Crippen molar-refractivity contribution in [3.05, 3.63) is 29.8 Å². The van der Waals surface area contributed by atoms with Crippen molar-refractivity contribution in [3.8, 4) is 0 Å². The number of rotatable bonds is 6. The number of aliphatic hydroxyl groups excluding tert-OH is 1. The second-order valence-corrected chi connectivity index (χ2v) is 5.64. The van der Waals surface area contributed by atoms with Crippen molar-refractivity contribution in [3.63, 3.8) is 0 Å². The predicted octanol–water partition coefficient (Wildman–Crippen LogP) is 3.10. The van der Waals surface area contributed by atoms with Gasteiger partial charge < -0.3 is 15.3 Å². The maximum atomic E-state index is 9.52. The summed E-state index contributed by atoms with van der Waals surface area (Å²) in [5, 5.41) is 13.0. The van der Waals surface area contributed by atoms with Crippen LogP contribution in [0.4, 0.5) is 5.69 Å². The summed E-state index contributed by atoms with van der Waals surface area (Å²) in [5.74, 6) is 0. The molecule has 0 amide bonds. The molecule has 1 aromatic rings. The van der Waals surface area contributed by atoms with E-state index in [-0.39, 0.29) is 6.61 Å². The molecule has 3 nitrogen and oxygen atoms in total. The monoisotopic (exact) mass is 276 g/mol. The van der Waals surface area contributed by atoms with Gasteiger partial charge in [-0.1, -0.05) is 26.0 Å². The lowest BCUT2D eigenvalue weighted by Gasteiger charge is -2.36. The Labute approximate surface area is 123 Å². The third-order valence-electron chi connectivity index (χ3n) is 4.32. The number of hydrogen-bond acceptors (Lipinski definition) is 3. The molecule has 0 aromatic heterocycles. The zero-order chi connectivity index (χ0) is 14.4. The summed E-state index contributed by atoms with van der Waals surface area (Å²) in [7, 11) is 0. The molecule has 2 unspecified atom stereocenters. The fourth-order valence-electron chi connectivity index (χ4n) is 3.17. The summed E-state index contributed by atoms with van der Waals surface area (Å²) < 4.78 is 0. The molecule has 1 aliphatic rings. The van der Waals surface area contributed by atoms with Crippen LogP contribution in [0.25, 0.3) is 0 Å². The van der Waals surface area contributed by atoms with Crippen molar-refractivity contribution in [2.45, 2.75) is 51.6 Å². The molecule has 2 rings (SSSR count). The first-order valence-corrected chi connectivity index (χ1v) is 8.01. The van der Waals surface area contributed by atoms with Gasteiger partial charge in [-0.25, -0.2) is 0 Å². The van der Waals surface area contributed by atoms with Crippen LogP contribution in [0.3, 0.4) is 0 Å². The number of hydrogen-bond donors (Lipinski definition) is 2. The predicted molar refractivity (Wildman–Crippen MR) is 85.2 cm³/mol. The summed E-state index contributed by atoms with van der Waals surface area (Å²) in [5.41, 5.74) is 2.61. The molecule has 0 spiro atoms. The highest BCUT2D eigenvalue weighted by atomic mass is 16.3. The number of nitrogens with zero attached hydrogens (tertiary/aromatic N) is 1. The normalized spacial score (nSPS) is 20.9. The van der Waals surface area contributed by atoms with Crippen LogP contribution in [0, 0.1) is 0 Å². The molecule has 1 saturated heterocycles. The number of nitrogens with one attached hydrogen (secondary N) is 1. The SMILES string of the molecule is CCNC(CC)c1ccc(N2CCCCC2CO)cc1. The van der Waals surface area contributed by atoms with E-state index in [9.17, 15) is 5.11 Å². The van der Waals surface area contributed by atoms with E-state index >= 15 is 0 Å². The Morgan fingerprint density at radius 1 is 1.25 bits per heavy atom. The quantitative estimate of drug-likeness (QED) is 0.838. The van der Waals surface area contributed by atoms with Crippen LogP contribution in [-0.4, -0.2) is 30.8 Å². The van der Waals surface area contributed by atoms with E-state index < -0.39 is 0 Å². The molecule has 0 aliphatic carbocycles. The molecule has 0 radical (unpaired) electrons. The molecule has 3 heteroatoms. The largest absolute Gasteiger partial charge is 0.394 e. The summed E-state index contributed by atoms with van der Waals surface area (Å²) in [4.78, 5) is 2.36. The summed E-state index contributed by atoms with van der Waals surface area (Å²) in [6.45, 7) is 6.69. The van der Waals surface area contributed by atoms with Crippen molar-refractivity contribution < 1.29 is 5.11 Å². The van der Waals surface area contributed by atoms with Crippen LogP contribution < -0.4 is 10.2 Å². The van der Waals surface area contributed by atoms with Gasteiger partial charge in [0.25, 0.3) is 0 Å². The Balaban J connectivity index is 2.10. The first-order chi connectivity index (χ1) is 9.80. The Kier molecular flexibility index (Phi) is 5.86. The third kappa shape index (κ3) is 3.53. The highest BCUT2D eigenvalue weighted by Crippen LogP contribution is 2.26. The molecule has 0 saturated carbocycles. The molecular weight excluding hydrogens is 248 g/mol. The average molecular weight is 276 g/mol. The second-order valence-electron chi connectivity index (χ2n) is 5.64. The van der Waals surface area contributed by atoms with Gasteiger partial charge in [-0.15, -0.1) is 0 Å². The molecule has 20 heavy (non-hydrogen) atoms. The van der Waals surface area contributed by atoms with Gasteiger partial charge in [-0.05, 0) is 49.9 Å². The maximum Gasteiger partial charge on any atom is 0.0635 e. The molecule has 1 aliphatic heterocycles. The lowest BCUT2D eigenvalue weighted by atomic mass is 10.00. The molecular formula is C17H28N2O. The topological polar surface area (TPSA) is 35.5 Å². The standard InChI is InChI=1S/C17H28N2O/c1-3-17(18-4-2)14-8-10-15(11-9-14)19-12-6-5-7-16(19)13-20/h8-11,16-18,20H,3-7,12-13H2,1-2H3. The Morgan fingerprint density at radius 2 is 2.00 bits per heavy atom. The van der Waals surface area contributed by atoms with Crippen molar-refractivity contribution in [1.29, 1.82) is 0 Å². The van der Waals surface area contributed by atoms with E-state index in [1.165, 1.54) is 24.1 Å². The Bertz CT molecular complexity index is 390. The van der Waals surface area contributed by atoms with Gasteiger partial charge in [0.15, 0.2) is 0 Å². The van der Waals surface area contributed by atoms with Crippen LogP contribution in [0.2, 0.25) is 0 Å². The molecule has 0 bridgehead atoms. The highest BCUT2D eigenvalue weighted by Gasteiger charge is 2.21. The minimum absolute atomic E-state index is 0.261. The number of aliphatic hydroxyl groups is 1. The van der Waals surface area contributed by atoms with Crippen molar-refractivity contribution in [2.24, 2.45) is 0 Å². The average Bonchev–Trinajstić information content (AvgIpc) is 2.53. The first-order valence-electron chi connectivity index (χ1n) is 8.01. The fraction of sp³-hybridized carbons (Fsp3) is 0.647. The summed E-state index contributed by atoms with van der Waals surface area (Å²) >= 11 is 0. The van der Waals surface area contributed by atoms with Gasteiger partial charge in [-0.3, -0.25) is 0 Å². The van der Waals surface area contributed by atoms with Crippen LogP contribution >= 0.6 is 0 Å². The molecule has 1 fully saturated rings. The zero-order valence-corrected chi connectivity index (χ0v) is 12.8. The molecule has 1 heterocycles. The number of anilines is 1. The van der Waals surface area contributed by atoms with Crippen LogP contribution in [0.15, 0.2) is 24.3 Å². The minimum atomic E-state index is 0.261. The van der Waals surface area contributed by atoms with Crippen molar-refractivity contribution in [1.82, 2.24) is 5.32 Å². The van der Waals surface area contributed by atoms with Gasteiger partial charge in [0, 0.05) is 18.3 Å². The van der Waals surface area contributed by atoms with Crippen LogP contribution in [0.1, 0.15) is 51.1 Å². The summed E-state index contributed by atoms with van der Waals surface area (Å²) in [6, 6.07) is 9.63. The van der Waals surface area contributed by atoms with Crippen LogP contribution in [-0.2, 0) is 0 Å². The smallest absolute Gasteiger partial charge is 0.0635 e. The first kappa shape index (κ1) is 15.3. The van der Waals surface area contributed by atoms with Crippen molar-refractivity contribution >= 4 is 5.69 Å². The van der Waals surface area contributed by atoms with E-state index in [0.29, 0.717) is 12.1 Å². The Morgan fingerprint density at radius 3 is 2.60 bits per heavy atom. The molecule has 1 aromatic carbocycles. The van der Waals surface area contributed by atoms with E-state index in [1.807, 2.05) is 0 Å². The Hall–Kier alpha value is -1.06. The fourth-order valence-corrected chi connectivity index (χ4v) is 3.17. The number of piperidine rings is 1. The summed E-state index contributed by atoms with van der Waals surface area (Å²) in [6.07, 6.45) is 4.68.